The van der Waals surface area contributed by atoms with Crippen LogP contribution in [0.5, 0.6) is 0 Å². The van der Waals surface area contributed by atoms with E-state index in [9.17, 15) is 19.2 Å². The number of carboxylic acids is 2. The predicted octanol–water partition coefficient (Wildman–Crippen LogP) is 0.00840. The van der Waals surface area contributed by atoms with E-state index in [4.69, 9.17) is 15.9 Å². The molecular formula is C19H21N7O6. The monoisotopic (exact) mass is 443 g/mol. The van der Waals surface area contributed by atoms with Gasteiger partial charge in [-0.05, 0) is 30.7 Å². The first kappa shape index (κ1) is 22.3. The zero-order valence-electron chi connectivity index (χ0n) is 16.7. The highest BCUT2D eigenvalue weighted by Gasteiger charge is 2.22. The van der Waals surface area contributed by atoms with Crippen molar-refractivity contribution in [3.8, 4) is 0 Å². The molecule has 0 spiro atoms. The van der Waals surface area contributed by atoms with Crippen LogP contribution in [0.3, 0.4) is 0 Å². The summed E-state index contributed by atoms with van der Waals surface area (Å²) in [5.41, 5.74) is 6.18. The third-order valence-corrected chi connectivity index (χ3v) is 4.55. The van der Waals surface area contributed by atoms with E-state index in [1.807, 2.05) is 0 Å². The van der Waals surface area contributed by atoms with E-state index in [1.54, 1.807) is 18.3 Å². The van der Waals surface area contributed by atoms with E-state index < -0.39 is 29.4 Å². The number of carbonyl (C=O) groups is 3. The van der Waals surface area contributed by atoms with Gasteiger partial charge in [-0.1, -0.05) is 0 Å². The number of amides is 1. The molecule has 2 heterocycles. The maximum atomic E-state index is 12.3. The van der Waals surface area contributed by atoms with Gasteiger partial charge in [-0.3, -0.25) is 19.4 Å². The van der Waals surface area contributed by atoms with Crippen LogP contribution in [0.15, 0.2) is 34.1 Å². The molecule has 13 nitrogen and oxygen atoms in total. The lowest BCUT2D eigenvalue weighted by atomic mass is 10.1. The number of hydrogen-bond acceptors (Lipinski definition) is 9. The highest BCUT2D eigenvalue weighted by Crippen LogP contribution is 2.22. The second-order valence-corrected chi connectivity index (χ2v) is 6.93. The normalized spacial score (nSPS) is 15.2. The summed E-state index contributed by atoms with van der Waals surface area (Å²) in [5.74, 6) is -2.89. The van der Waals surface area contributed by atoms with Gasteiger partial charge < -0.3 is 31.9 Å². The maximum absolute atomic E-state index is 12.3. The molecule has 1 amide bonds. The van der Waals surface area contributed by atoms with Crippen molar-refractivity contribution in [1.82, 2.24) is 15.3 Å². The lowest BCUT2D eigenvalue weighted by molar-refractivity contribution is -0.140. The molecule has 32 heavy (non-hydrogen) atoms. The molecule has 0 saturated heterocycles. The van der Waals surface area contributed by atoms with E-state index in [-0.39, 0.29) is 41.9 Å². The number of carbonyl (C=O) groups excluding carboxylic acids is 1. The minimum Gasteiger partial charge on any atom is -0.481 e. The number of H-pyrrole nitrogens is 1. The lowest BCUT2D eigenvalue weighted by Gasteiger charge is -2.21. The minimum atomic E-state index is -1.31. The molecule has 13 heteroatoms. The molecule has 1 aliphatic heterocycles. The number of aliphatic carboxylic acids is 2. The van der Waals surface area contributed by atoms with Crippen molar-refractivity contribution < 1.29 is 24.6 Å². The topological polar surface area (TPSA) is 212 Å². The van der Waals surface area contributed by atoms with Gasteiger partial charge in [-0.2, -0.15) is 4.98 Å². The Bertz CT molecular complexity index is 1110. The van der Waals surface area contributed by atoms with Crippen LogP contribution in [-0.4, -0.2) is 62.9 Å². The third-order valence-electron chi connectivity index (χ3n) is 4.55. The number of rotatable bonds is 9. The van der Waals surface area contributed by atoms with Crippen LogP contribution < -0.4 is 27.2 Å². The fourth-order valence-electron chi connectivity index (χ4n) is 2.92. The lowest BCUT2D eigenvalue weighted by Crippen LogP contribution is -2.41. The fourth-order valence-corrected chi connectivity index (χ4v) is 2.92. The molecule has 0 aliphatic carbocycles. The molecule has 1 aliphatic rings. The number of nitrogen functional groups attached to an aromatic ring is 1. The van der Waals surface area contributed by atoms with E-state index >= 15 is 0 Å². The predicted molar refractivity (Wildman–Crippen MR) is 116 cm³/mol. The van der Waals surface area contributed by atoms with Gasteiger partial charge in [-0.25, -0.2) is 9.79 Å². The number of benzene rings is 1. The Morgan fingerprint density at radius 2 is 1.91 bits per heavy atom. The first-order valence-electron chi connectivity index (χ1n) is 9.53. The highest BCUT2D eigenvalue weighted by molar-refractivity contribution is 5.97. The zero-order chi connectivity index (χ0) is 23.3. The van der Waals surface area contributed by atoms with Gasteiger partial charge in [0, 0.05) is 30.4 Å². The summed E-state index contributed by atoms with van der Waals surface area (Å²) in [4.78, 5) is 56.6. The number of fused-ring (bicyclic) bond motifs is 1. The van der Waals surface area contributed by atoms with Crippen molar-refractivity contribution >= 4 is 47.2 Å². The number of anilines is 3. The van der Waals surface area contributed by atoms with Crippen molar-refractivity contribution in [2.24, 2.45) is 4.99 Å². The van der Waals surface area contributed by atoms with Crippen molar-refractivity contribution in [1.29, 1.82) is 0 Å². The number of nitrogens with zero attached hydrogens (tertiary/aromatic N) is 2. The summed E-state index contributed by atoms with van der Waals surface area (Å²) in [6.07, 6.45) is 0.991. The number of carboxylic acid groups (broad SMARTS) is 2. The summed E-state index contributed by atoms with van der Waals surface area (Å²) in [6, 6.07) is 4.66. The largest absolute Gasteiger partial charge is 0.481 e. The molecule has 1 aromatic carbocycles. The Morgan fingerprint density at radius 3 is 2.56 bits per heavy atom. The van der Waals surface area contributed by atoms with Crippen LogP contribution in [0, 0.1) is 0 Å². The van der Waals surface area contributed by atoms with E-state index in [1.165, 1.54) is 12.1 Å². The molecule has 8 N–H and O–H groups in total. The average molecular weight is 443 g/mol. The second-order valence-electron chi connectivity index (χ2n) is 6.93. The summed E-state index contributed by atoms with van der Waals surface area (Å²) >= 11 is 0. The number of nitrogens with two attached hydrogens (primary N) is 1. The number of aliphatic imine (C=N–C) groups is 1. The molecule has 2 atom stereocenters. The van der Waals surface area contributed by atoms with Crippen LogP contribution in [0.25, 0.3) is 0 Å². The van der Waals surface area contributed by atoms with Crippen LogP contribution in [0.4, 0.5) is 23.1 Å². The SMILES string of the molecule is Nc1nc2c(c(=O)[nH]1)NC(CNc1ccc(C(=O)N[C@@H](CCC(=O)O)C(=O)O)cc1)C=N2. The Hall–Kier alpha value is -4.42. The van der Waals surface area contributed by atoms with Crippen LogP contribution in [0.1, 0.15) is 23.2 Å². The van der Waals surface area contributed by atoms with Gasteiger partial charge in [0.1, 0.15) is 11.7 Å². The molecule has 0 saturated carbocycles. The Labute approximate surface area is 180 Å². The second kappa shape index (κ2) is 9.59. The minimum absolute atomic E-state index is 0.0232. The smallest absolute Gasteiger partial charge is 0.326 e. The van der Waals surface area contributed by atoms with Crippen molar-refractivity contribution in [2.45, 2.75) is 24.9 Å². The van der Waals surface area contributed by atoms with Gasteiger partial charge in [0.25, 0.3) is 11.5 Å². The molecule has 168 valence electrons. The van der Waals surface area contributed by atoms with Crippen LogP contribution >= 0.6 is 0 Å². The van der Waals surface area contributed by atoms with Crippen LogP contribution in [-0.2, 0) is 9.59 Å². The molecule has 3 rings (SSSR count). The summed E-state index contributed by atoms with van der Waals surface area (Å²) < 4.78 is 0. The maximum Gasteiger partial charge on any atom is 0.326 e. The van der Waals surface area contributed by atoms with Crippen molar-refractivity contribution in [2.75, 3.05) is 22.9 Å². The number of aromatic nitrogens is 2. The molecule has 0 radical (unpaired) electrons. The molecule has 1 unspecified atom stereocenters. The van der Waals surface area contributed by atoms with E-state index in [0.717, 1.165) is 0 Å². The first-order chi connectivity index (χ1) is 15.2. The summed E-state index contributed by atoms with van der Waals surface area (Å²) in [7, 11) is 0. The highest BCUT2D eigenvalue weighted by atomic mass is 16.4. The van der Waals surface area contributed by atoms with Gasteiger partial charge in [-0.15, -0.1) is 0 Å². The number of aromatic amines is 1. The Kier molecular flexibility index (Phi) is 6.68. The van der Waals surface area contributed by atoms with Crippen molar-refractivity contribution in [3.63, 3.8) is 0 Å². The standard InChI is InChI=1S/C19H21N7O6/c20-19-25-15-14(17(30)26-19)23-11(8-22-15)7-21-10-3-1-9(2-4-10)16(29)24-12(18(31)32)5-6-13(27)28/h1-4,8,11-12,21,23H,5-7H2,(H,24,29)(H,27,28)(H,31,32)(H3,20,25,26,30)/t11?,12-/m0/s1. The van der Waals surface area contributed by atoms with E-state index in [0.29, 0.717) is 12.2 Å². The Morgan fingerprint density at radius 1 is 1.19 bits per heavy atom. The fraction of sp³-hybridized carbons (Fsp3) is 0.263. The van der Waals surface area contributed by atoms with Gasteiger partial charge in [0.05, 0.1) is 6.04 Å². The molecule has 2 aromatic rings. The molecule has 0 bridgehead atoms. The first-order valence-corrected chi connectivity index (χ1v) is 9.53. The van der Waals surface area contributed by atoms with E-state index in [2.05, 4.69) is 30.9 Å². The molecule has 0 fully saturated rings. The average Bonchev–Trinajstić information content (AvgIpc) is 2.75. The quantitative estimate of drug-likeness (QED) is 0.276. The third kappa shape index (κ3) is 5.59. The van der Waals surface area contributed by atoms with Gasteiger partial charge >= 0.3 is 11.9 Å². The van der Waals surface area contributed by atoms with Crippen molar-refractivity contribution in [3.05, 3.63) is 40.2 Å². The number of hydrogen-bond donors (Lipinski definition) is 7. The summed E-state index contributed by atoms with van der Waals surface area (Å²) in [5, 5.41) is 26.3. The van der Waals surface area contributed by atoms with Crippen LogP contribution in [0.2, 0.25) is 0 Å². The molecule has 1 aromatic heterocycles. The number of nitrogens with one attached hydrogen (secondary N) is 4. The summed E-state index contributed by atoms with van der Waals surface area (Å²) in [6.45, 7) is 0.370. The zero-order valence-corrected chi connectivity index (χ0v) is 16.7. The Balaban J connectivity index is 1.56. The van der Waals surface area contributed by atoms with Gasteiger partial charge in [0.2, 0.25) is 5.95 Å². The van der Waals surface area contributed by atoms with Gasteiger partial charge in [0.15, 0.2) is 5.82 Å². The molecular weight excluding hydrogens is 422 g/mol.